The molecule has 4 aromatic rings. The average Bonchev–Trinajstić information content (AvgIpc) is 3.21. The van der Waals surface area contributed by atoms with E-state index in [4.69, 9.17) is 21.1 Å². The van der Waals surface area contributed by atoms with E-state index in [1.807, 2.05) is 12.1 Å². The average molecular weight is 518 g/mol. The Morgan fingerprint density at radius 2 is 1.72 bits per heavy atom. The second-order valence-electron chi connectivity index (χ2n) is 7.45. The highest BCUT2D eigenvalue weighted by Crippen LogP contribution is 2.27. The van der Waals surface area contributed by atoms with Crippen molar-refractivity contribution in [1.82, 2.24) is 4.57 Å². The lowest BCUT2D eigenvalue weighted by molar-refractivity contribution is -0.111. The third-order valence-electron chi connectivity index (χ3n) is 5.20. The van der Waals surface area contributed by atoms with Crippen LogP contribution in [-0.2, 0) is 4.79 Å². The minimum Gasteiger partial charge on any atom is -0.493 e. The second-order valence-corrected chi connectivity index (χ2v) is 8.92. The highest BCUT2D eigenvalue weighted by Gasteiger charge is 2.17. The van der Waals surface area contributed by atoms with Crippen LogP contribution in [0.5, 0.6) is 11.5 Å². The molecule has 0 spiro atoms. The molecule has 1 heterocycles. The van der Waals surface area contributed by atoms with Crippen molar-refractivity contribution >= 4 is 46.2 Å². The predicted molar refractivity (Wildman–Crippen MR) is 141 cm³/mol. The molecular formula is C27H20ClN3O4S. The van der Waals surface area contributed by atoms with Gasteiger partial charge in [0.1, 0.15) is 10.7 Å². The first-order chi connectivity index (χ1) is 17.4. The summed E-state index contributed by atoms with van der Waals surface area (Å²) >= 11 is 6.97. The molecule has 0 aliphatic carbocycles. The summed E-state index contributed by atoms with van der Waals surface area (Å²) in [6, 6.07) is 22.6. The number of hydrogen-bond donors (Lipinski definition) is 1. The van der Waals surface area contributed by atoms with Crippen LogP contribution in [0.25, 0.3) is 17.3 Å². The van der Waals surface area contributed by atoms with Crippen LogP contribution in [0.1, 0.15) is 5.56 Å². The quantitative estimate of drug-likeness (QED) is 0.421. The van der Waals surface area contributed by atoms with Gasteiger partial charge < -0.3 is 14.8 Å². The first kappa shape index (κ1) is 24.8. The van der Waals surface area contributed by atoms with E-state index in [2.05, 4.69) is 5.32 Å². The molecule has 0 radical (unpaired) electrons. The maximum Gasteiger partial charge on any atom is 0.273 e. The normalized spacial score (nSPS) is 12.0. The zero-order chi connectivity index (χ0) is 25.7. The largest absolute Gasteiger partial charge is 0.493 e. The number of benzene rings is 3. The summed E-state index contributed by atoms with van der Waals surface area (Å²) in [5.74, 6) is 0.434. The number of carbonyl (C=O) groups is 1. The van der Waals surface area contributed by atoms with Gasteiger partial charge in [-0.2, -0.15) is 5.26 Å². The molecule has 0 fully saturated rings. The number of nitrogens with one attached hydrogen (secondary N) is 1. The van der Waals surface area contributed by atoms with Gasteiger partial charge in [0.2, 0.25) is 0 Å². The summed E-state index contributed by atoms with van der Waals surface area (Å²) < 4.78 is 12.6. The molecule has 0 atom stereocenters. The molecule has 0 bridgehead atoms. The van der Waals surface area contributed by atoms with Crippen molar-refractivity contribution < 1.29 is 14.3 Å². The molecule has 1 aromatic heterocycles. The summed E-state index contributed by atoms with van der Waals surface area (Å²) in [7, 11) is 3.07. The van der Waals surface area contributed by atoms with E-state index >= 15 is 0 Å². The molecule has 36 heavy (non-hydrogen) atoms. The lowest BCUT2D eigenvalue weighted by Crippen LogP contribution is -2.32. The molecule has 9 heteroatoms. The Bertz CT molecular complexity index is 1640. The number of anilines is 1. The van der Waals surface area contributed by atoms with E-state index in [0.717, 1.165) is 11.3 Å². The molecule has 1 amide bonds. The summed E-state index contributed by atoms with van der Waals surface area (Å²) in [6.07, 6.45) is 1.68. The number of amides is 1. The molecule has 0 saturated heterocycles. The van der Waals surface area contributed by atoms with Gasteiger partial charge in [0.25, 0.3) is 11.5 Å². The molecule has 0 saturated carbocycles. The van der Waals surface area contributed by atoms with Gasteiger partial charge in [-0.25, -0.2) is 0 Å². The number of methoxy groups -OCH3 is 2. The number of rotatable bonds is 6. The number of aromatic nitrogens is 1. The molecule has 3 aromatic carbocycles. The smallest absolute Gasteiger partial charge is 0.273 e. The van der Waals surface area contributed by atoms with Crippen molar-refractivity contribution in [2.45, 2.75) is 0 Å². The Balaban J connectivity index is 1.93. The first-order valence-electron chi connectivity index (χ1n) is 10.7. The zero-order valence-corrected chi connectivity index (χ0v) is 20.9. The van der Waals surface area contributed by atoms with Crippen LogP contribution in [0.2, 0.25) is 5.02 Å². The van der Waals surface area contributed by atoms with E-state index in [9.17, 15) is 14.9 Å². The molecule has 4 rings (SSSR count). The summed E-state index contributed by atoms with van der Waals surface area (Å²) in [6.45, 7) is 0. The van der Waals surface area contributed by atoms with Crippen LogP contribution in [0.3, 0.4) is 0 Å². The number of hydrogen-bond acceptors (Lipinski definition) is 6. The number of halogens is 1. The molecular weight excluding hydrogens is 498 g/mol. The van der Waals surface area contributed by atoms with Gasteiger partial charge in [-0.3, -0.25) is 14.2 Å². The number of thiazole rings is 1. The topological polar surface area (TPSA) is 93.4 Å². The van der Waals surface area contributed by atoms with E-state index in [1.54, 1.807) is 79.9 Å². The van der Waals surface area contributed by atoms with Crippen molar-refractivity contribution in [2.24, 2.45) is 0 Å². The summed E-state index contributed by atoms with van der Waals surface area (Å²) in [5.41, 5.74) is 1.15. The van der Waals surface area contributed by atoms with Crippen molar-refractivity contribution in [3.8, 4) is 23.3 Å². The first-order valence-corrected chi connectivity index (χ1v) is 11.9. The fraction of sp³-hybridized carbons (Fsp3) is 0.0741. The monoisotopic (exact) mass is 517 g/mol. The number of carbonyl (C=O) groups excluding carboxylic acids is 1. The van der Waals surface area contributed by atoms with Crippen LogP contribution in [0, 0.1) is 11.3 Å². The fourth-order valence-electron chi connectivity index (χ4n) is 3.48. The number of para-hydroxylation sites is 1. The predicted octanol–water partition coefficient (Wildman–Crippen LogP) is 3.71. The van der Waals surface area contributed by atoms with Gasteiger partial charge in [-0.05, 0) is 60.2 Å². The maximum atomic E-state index is 13.5. The molecule has 7 nitrogen and oxygen atoms in total. The maximum absolute atomic E-state index is 13.5. The second kappa shape index (κ2) is 11.0. The summed E-state index contributed by atoms with van der Waals surface area (Å²) in [4.78, 5) is 26.6. The molecule has 0 aliphatic rings. The van der Waals surface area contributed by atoms with Gasteiger partial charge in [-0.15, -0.1) is 11.3 Å². The van der Waals surface area contributed by atoms with Crippen LogP contribution in [0.15, 0.2) is 77.6 Å². The molecule has 180 valence electrons. The van der Waals surface area contributed by atoms with Crippen molar-refractivity contribution in [3.63, 3.8) is 0 Å². The van der Waals surface area contributed by atoms with Crippen molar-refractivity contribution in [3.05, 3.63) is 103 Å². The third-order valence-corrected chi connectivity index (χ3v) is 6.54. The SMILES string of the molecule is COc1ccc(/C=c2/s/c(=C(/C#N)C(=O)Nc3ccc(Cl)cc3)n(-c3ccccc3)c2=O)cc1OC. The van der Waals surface area contributed by atoms with Gasteiger partial charge in [0.15, 0.2) is 17.1 Å². The lowest BCUT2D eigenvalue weighted by Gasteiger charge is -2.07. The lowest BCUT2D eigenvalue weighted by atomic mass is 10.2. The van der Waals surface area contributed by atoms with E-state index in [1.165, 1.54) is 11.7 Å². The number of nitrogens with zero attached hydrogens (tertiary/aromatic N) is 2. The highest BCUT2D eigenvalue weighted by atomic mass is 35.5. The minimum atomic E-state index is -0.636. The van der Waals surface area contributed by atoms with Crippen LogP contribution >= 0.6 is 22.9 Å². The van der Waals surface area contributed by atoms with Crippen LogP contribution in [0.4, 0.5) is 5.69 Å². The Morgan fingerprint density at radius 1 is 1.03 bits per heavy atom. The summed E-state index contributed by atoms with van der Waals surface area (Å²) in [5, 5.41) is 13.2. The Hall–Kier alpha value is -4.32. The van der Waals surface area contributed by atoms with Gasteiger partial charge in [-0.1, -0.05) is 35.9 Å². The van der Waals surface area contributed by atoms with Gasteiger partial charge in [0.05, 0.1) is 24.4 Å². The number of nitriles is 1. The van der Waals surface area contributed by atoms with Crippen molar-refractivity contribution in [2.75, 3.05) is 19.5 Å². The standard InChI is InChI=1S/C27H20ClN3O4S/c1-34-22-13-8-17(14-23(22)35-2)15-24-26(33)31(20-6-4-3-5-7-20)27(36-24)21(16-29)25(32)30-19-11-9-18(28)10-12-19/h3-15H,1-2H3,(H,30,32)/b24-15+,27-21-. The highest BCUT2D eigenvalue weighted by molar-refractivity contribution is 7.07. The minimum absolute atomic E-state index is 0.192. The van der Waals surface area contributed by atoms with Gasteiger partial charge in [0, 0.05) is 10.7 Å². The van der Waals surface area contributed by atoms with Crippen molar-refractivity contribution in [1.29, 1.82) is 5.26 Å². The Labute approximate surface area is 215 Å². The van der Waals surface area contributed by atoms with E-state index in [-0.39, 0.29) is 15.8 Å². The fourth-order valence-corrected chi connectivity index (χ4v) is 4.71. The Morgan fingerprint density at radius 3 is 2.36 bits per heavy atom. The van der Waals surface area contributed by atoms with E-state index < -0.39 is 5.91 Å². The molecule has 0 aliphatic heterocycles. The van der Waals surface area contributed by atoms with Crippen LogP contribution < -0.4 is 29.5 Å². The molecule has 1 N–H and O–H groups in total. The number of ether oxygens (including phenoxy) is 2. The molecule has 0 unspecified atom stereocenters. The van der Waals surface area contributed by atoms with Gasteiger partial charge >= 0.3 is 0 Å². The Kier molecular flexibility index (Phi) is 7.54. The van der Waals surface area contributed by atoms with Crippen LogP contribution in [-0.4, -0.2) is 24.7 Å². The third kappa shape index (κ3) is 5.18. The van der Waals surface area contributed by atoms with E-state index in [0.29, 0.717) is 38.0 Å². The zero-order valence-electron chi connectivity index (χ0n) is 19.3.